The van der Waals surface area contributed by atoms with E-state index in [2.05, 4.69) is 19.8 Å². The van der Waals surface area contributed by atoms with Crippen LogP contribution in [0.1, 0.15) is 24.2 Å². The predicted molar refractivity (Wildman–Crippen MR) is 73.3 cm³/mol. The van der Waals surface area contributed by atoms with Crippen LogP contribution in [0.3, 0.4) is 0 Å². The number of rotatable bonds is 2. The fourth-order valence-electron chi connectivity index (χ4n) is 2.50. The summed E-state index contributed by atoms with van der Waals surface area (Å²) in [5, 5.41) is 0.540. The van der Waals surface area contributed by atoms with Crippen molar-refractivity contribution in [3.05, 3.63) is 16.5 Å². The van der Waals surface area contributed by atoms with Crippen LogP contribution >= 0.6 is 11.6 Å². The molecular weight excluding hydrogens is 248 g/mol. The van der Waals surface area contributed by atoms with E-state index in [-0.39, 0.29) is 0 Å². The lowest BCUT2D eigenvalue weighted by Gasteiger charge is -2.35. The molecule has 2 heterocycles. The van der Waals surface area contributed by atoms with E-state index in [0.717, 1.165) is 49.4 Å². The topological polar surface area (TPSA) is 32.3 Å². The number of halogens is 1. The van der Waals surface area contributed by atoms with E-state index in [1.54, 1.807) is 0 Å². The predicted octanol–water partition coefficient (Wildman–Crippen LogP) is 2.03. The fourth-order valence-corrected chi connectivity index (χ4v) is 2.79. The minimum atomic E-state index is 0.540. The molecule has 1 saturated heterocycles. The van der Waals surface area contributed by atoms with Crippen molar-refractivity contribution >= 4 is 17.4 Å². The van der Waals surface area contributed by atoms with Crippen molar-refractivity contribution in [1.29, 1.82) is 0 Å². The largest absolute Gasteiger partial charge is 0.351 e. The molecule has 0 radical (unpaired) electrons. The van der Waals surface area contributed by atoms with Gasteiger partial charge in [0.2, 0.25) is 0 Å². The molecule has 1 aliphatic carbocycles. The maximum Gasteiger partial charge on any atom is 0.171 e. The van der Waals surface area contributed by atoms with E-state index < -0.39 is 0 Å². The zero-order valence-corrected chi connectivity index (χ0v) is 11.7. The fraction of sp³-hybridized carbons (Fsp3) is 0.692. The van der Waals surface area contributed by atoms with Gasteiger partial charge in [-0.05, 0) is 26.7 Å². The van der Waals surface area contributed by atoms with Crippen LogP contribution in [0.15, 0.2) is 0 Å². The molecular formula is C13H19ClN4. The van der Waals surface area contributed by atoms with Crippen LogP contribution in [0.5, 0.6) is 0 Å². The second kappa shape index (κ2) is 4.67. The number of anilines is 1. The van der Waals surface area contributed by atoms with Crippen molar-refractivity contribution < 1.29 is 0 Å². The van der Waals surface area contributed by atoms with Crippen LogP contribution < -0.4 is 4.90 Å². The average Bonchev–Trinajstić information content (AvgIpc) is 3.18. The highest BCUT2D eigenvalue weighted by molar-refractivity contribution is 6.31. The number of aromatic nitrogens is 2. The molecule has 1 aromatic heterocycles. The zero-order chi connectivity index (χ0) is 12.7. The van der Waals surface area contributed by atoms with Gasteiger partial charge in [-0.1, -0.05) is 11.6 Å². The second-order valence-corrected chi connectivity index (χ2v) is 5.62. The molecule has 0 bridgehead atoms. The van der Waals surface area contributed by atoms with E-state index in [9.17, 15) is 0 Å². The molecule has 0 spiro atoms. The lowest BCUT2D eigenvalue weighted by Crippen LogP contribution is -2.47. The SMILES string of the molecule is Cc1nc(Cl)c(N2CCN(C3CC3)CC2)nc1C. The van der Waals surface area contributed by atoms with Gasteiger partial charge in [-0.2, -0.15) is 0 Å². The van der Waals surface area contributed by atoms with Gasteiger partial charge in [-0.15, -0.1) is 0 Å². The Labute approximate surface area is 113 Å². The lowest BCUT2D eigenvalue weighted by molar-refractivity contribution is 0.247. The molecule has 0 N–H and O–H groups in total. The van der Waals surface area contributed by atoms with Crippen molar-refractivity contribution in [2.45, 2.75) is 32.7 Å². The second-order valence-electron chi connectivity index (χ2n) is 5.26. The maximum atomic E-state index is 6.22. The monoisotopic (exact) mass is 266 g/mol. The molecule has 0 unspecified atom stereocenters. The van der Waals surface area contributed by atoms with E-state index in [4.69, 9.17) is 11.6 Å². The molecule has 98 valence electrons. The molecule has 1 aliphatic heterocycles. The summed E-state index contributed by atoms with van der Waals surface area (Å²) in [5.41, 5.74) is 1.89. The van der Waals surface area contributed by atoms with Crippen LogP contribution in [0.4, 0.5) is 5.82 Å². The molecule has 2 fully saturated rings. The summed E-state index contributed by atoms with van der Waals surface area (Å²) in [5.74, 6) is 0.857. The Morgan fingerprint density at radius 1 is 1.00 bits per heavy atom. The van der Waals surface area contributed by atoms with Gasteiger partial charge in [0.1, 0.15) is 0 Å². The third kappa shape index (κ3) is 2.31. The molecule has 1 saturated carbocycles. The Morgan fingerprint density at radius 3 is 2.22 bits per heavy atom. The minimum absolute atomic E-state index is 0.540. The molecule has 0 amide bonds. The first-order valence-electron chi connectivity index (χ1n) is 6.65. The molecule has 1 aromatic rings. The van der Waals surface area contributed by atoms with E-state index in [0.29, 0.717) is 5.15 Å². The van der Waals surface area contributed by atoms with Gasteiger partial charge < -0.3 is 4.90 Å². The third-order valence-corrected chi connectivity index (χ3v) is 4.18. The van der Waals surface area contributed by atoms with Crippen LogP contribution in [-0.2, 0) is 0 Å². The third-order valence-electron chi connectivity index (χ3n) is 3.92. The Morgan fingerprint density at radius 2 is 1.61 bits per heavy atom. The molecule has 4 nitrogen and oxygen atoms in total. The van der Waals surface area contributed by atoms with Crippen LogP contribution in [0.2, 0.25) is 5.15 Å². The van der Waals surface area contributed by atoms with Gasteiger partial charge in [-0.25, -0.2) is 9.97 Å². The Balaban J connectivity index is 1.73. The number of piperazine rings is 1. The Kier molecular flexibility index (Phi) is 3.16. The highest BCUT2D eigenvalue weighted by Gasteiger charge is 2.31. The van der Waals surface area contributed by atoms with Crippen molar-refractivity contribution in [1.82, 2.24) is 14.9 Å². The Hall–Kier alpha value is -0.870. The summed E-state index contributed by atoms with van der Waals surface area (Å²) >= 11 is 6.22. The van der Waals surface area contributed by atoms with Crippen molar-refractivity contribution in [2.24, 2.45) is 0 Å². The number of nitrogens with zero attached hydrogens (tertiary/aromatic N) is 4. The van der Waals surface area contributed by atoms with Crippen molar-refractivity contribution in [3.8, 4) is 0 Å². The van der Waals surface area contributed by atoms with Gasteiger partial charge in [0.25, 0.3) is 0 Å². The first-order chi connectivity index (χ1) is 8.65. The molecule has 18 heavy (non-hydrogen) atoms. The summed E-state index contributed by atoms with van der Waals surface area (Å²) in [6, 6.07) is 0.855. The zero-order valence-electron chi connectivity index (χ0n) is 11.0. The smallest absolute Gasteiger partial charge is 0.171 e. The van der Waals surface area contributed by atoms with Gasteiger partial charge >= 0.3 is 0 Å². The summed E-state index contributed by atoms with van der Waals surface area (Å²) in [6.45, 7) is 8.19. The van der Waals surface area contributed by atoms with Crippen LogP contribution in [0, 0.1) is 13.8 Å². The maximum absolute atomic E-state index is 6.22. The Bertz CT molecular complexity index is 451. The summed E-state index contributed by atoms with van der Waals surface area (Å²) in [4.78, 5) is 13.8. The molecule has 0 aromatic carbocycles. The molecule has 2 aliphatic rings. The molecule has 5 heteroatoms. The standard InChI is InChI=1S/C13H19ClN4/c1-9-10(2)16-13(12(14)15-9)18-7-5-17(6-8-18)11-3-4-11/h11H,3-8H2,1-2H3. The van der Waals surface area contributed by atoms with Crippen molar-refractivity contribution in [2.75, 3.05) is 31.1 Å². The molecule has 0 atom stereocenters. The van der Waals surface area contributed by atoms with Crippen LogP contribution in [-0.4, -0.2) is 47.1 Å². The lowest BCUT2D eigenvalue weighted by atomic mass is 10.3. The molecule has 3 rings (SSSR count). The normalized spacial score (nSPS) is 21.4. The summed E-state index contributed by atoms with van der Waals surface area (Å²) in [7, 11) is 0. The number of aryl methyl sites for hydroxylation is 2. The van der Waals surface area contributed by atoms with Crippen LogP contribution in [0.25, 0.3) is 0 Å². The number of hydrogen-bond acceptors (Lipinski definition) is 4. The van der Waals surface area contributed by atoms with Gasteiger partial charge in [0.05, 0.1) is 11.4 Å². The summed E-state index contributed by atoms with van der Waals surface area (Å²) in [6.07, 6.45) is 2.76. The van der Waals surface area contributed by atoms with Gasteiger partial charge in [-0.3, -0.25) is 4.90 Å². The first kappa shape index (κ1) is 12.2. The minimum Gasteiger partial charge on any atom is -0.351 e. The van der Waals surface area contributed by atoms with E-state index in [1.807, 2.05) is 13.8 Å². The van der Waals surface area contributed by atoms with E-state index in [1.165, 1.54) is 12.8 Å². The quantitative estimate of drug-likeness (QED) is 0.820. The highest BCUT2D eigenvalue weighted by Crippen LogP contribution is 2.29. The summed E-state index contributed by atoms with van der Waals surface area (Å²) < 4.78 is 0. The van der Waals surface area contributed by atoms with Gasteiger partial charge in [0, 0.05) is 32.2 Å². The number of hydrogen-bond donors (Lipinski definition) is 0. The van der Waals surface area contributed by atoms with Gasteiger partial charge in [0.15, 0.2) is 11.0 Å². The first-order valence-corrected chi connectivity index (χ1v) is 7.02. The van der Waals surface area contributed by atoms with E-state index >= 15 is 0 Å². The van der Waals surface area contributed by atoms with Crippen molar-refractivity contribution in [3.63, 3.8) is 0 Å². The highest BCUT2D eigenvalue weighted by atomic mass is 35.5. The average molecular weight is 267 g/mol.